The average Bonchev–Trinajstić information content (AvgIpc) is 3.16. The van der Waals surface area contributed by atoms with E-state index in [1.54, 1.807) is 11.1 Å². The fourth-order valence-corrected chi connectivity index (χ4v) is 2.96. The summed E-state index contributed by atoms with van der Waals surface area (Å²) < 4.78 is 5.24. The van der Waals surface area contributed by atoms with Crippen LogP contribution in [0.4, 0.5) is 5.69 Å². The van der Waals surface area contributed by atoms with Crippen LogP contribution in [0.1, 0.15) is 26.2 Å². The minimum Gasteiger partial charge on any atom is -0.444 e. The fraction of sp³-hybridized carbons (Fsp3) is 0.389. The van der Waals surface area contributed by atoms with Gasteiger partial charge >= 0.3 is 0 Å². The van der Waals surface area contributed by atoms with Crippen molar-refractivity contribution in [2.45, 2.75) is 26.2 Å². The molecule has 1 fully saturated rings. The van der Waals surface area contributed by atoms with Crippen LogP contribution in [-0.4, -0.2) is 34.8 Å². The highest BCUT2D eigenvalue weighted by Crippen LogP contribution is 2.22. The van der Waals surface area contributed by atoms with Gasteiger partial charge in [-0.2, -0.15) is 0 Å². The highest BCUT2D eigenvalue weighted by molar-refractivity contribution is 5.93. The van der Waals surface area contributed by atoms with E-state index in [2.05, 4.69) is 10.3 Å². The molecule has 3 rings (SSSR count). The number of hydrogen-bond acceptors (Lipinski definition) is 4. The molecule has 6 heteroatoms. The van der Waals surface area contributed by atoms with Crippen molar-refractivity contribution in [3.05, 3.63) is 36.9 Å². The van der Waals surface area contributed by atoms with Crippen LogP contribution >= 0.6 is 0 Å². The number of likely N-dealkylation sites (tertiary alicyclic amines) is 1. The van der Waals surface area contributed by atoms with Gasteiger partial charge in [-0.15, -0.1) is 0 Å². The molecule has 1 aliphatic heterocycles. The second-order valence-corrected chi connectivity index (χ2v) is 5.96. The number of rotatable bonds is 4. The van der Waals surface area contributed by atoms with E-state index in [1.165, 1.54) is 6.39 Å². The summed E-state index contributed by atoms with van der Waals surface area (Å²) in [7, 11) is 0. The molecule has 2 heterocycles. The molecule has 1 saturated heterocycles. The van der Waals surface area contributed by atoms with Gasteiger partial charge in [0.15, 0.2) is 12.2 Å². The van der Waals surface area contributed by atoms with E-state index >= 15 is 0 Å². The molecule has 1 aromatic carbocycles. The van der Waals surface area contributed by atoms with E-state index in [4.69, 9.17) is 4.42 Å². The minimum absolute atomic E-state index is 0.0315. The summed E-state index contributed by atoms with van der Waals surface area (Å²) in [6.07, 6.45) is 5.20. The van der Waals surface area contributed by atoms with Crippen molar-refractivity contribution < 1.29 is 14.0 Å². The van der Waals surface area contributed by atoms with E-state index in [-0.39, 0.29) is 17.7 Å². The zero-order valence-corrected chi connectivity index (χ0v) is 13.7. The molecule has 0 saturated carbocycles. The number of oxazole rings is 1. The molecular weight excluding hydrogens is 306 g/mol. The number of carbonyl (C=O) groups excluding carboxylic acids is 2. The first-order valence-corrected chi connectivity index (χ1v) is 8.25. The quantitative estimate of drug-likeness (QED) is 0.937. The molecule has 126 valence electrons. The summed E-state index contributed by atoms with van der Waals surface area (Å²) in [5.74, 6) is 0.622. The van der Waals surface area contributed by atoms with Gasteiger partial charge in [0, 0.05) is 30.8 Å². The van der Waals surface area contributed by atoms with Crippen molar-refractivity contribution in [1.29, 1.82) is 0 Å². The number of anilines is 1. The van der Waals surface area contributed by atoms with Gasteiger partial charge in [0.2, 0.25) is 11.8 Å². The average molecular weight is 327 g/mol. The summed E-state index contributed by atoms with van der Waals surface area (Å²) in [6.45, 7) is 3.11. The van der Waals surface area contributed by atoms with Gasteiger partial charge in [-0.05, 0) is 37.1 Å². The molecule has 1 N–H and O–H groups in total. The number of benzene rings is 1. The molecular formula is C18H21N3O3. The highest BCUT2D eigenvalue weighted by Gasteiger charge is 2.27. The molecule has 2 aromatic rings. The zero-order chi connectivity index (χ0) is 16.9. The molecule has 0 spiro atoms. The third kappa shape index (κ3) is 3.64. The van der Waals surface area contributed by atoms with Crippen LogP contribution in [0.5, 0.6) is 0 Å². The number of hydrogen-bond donors (Lipinski definition) is 1. The van der Waals surface area contributed by atoms with E-state index in [9.17, 15) is 9.59 Å². The summed E-state index contributed by atoms with van der Waals surface area (Å²) >= 11 is 0. The fourth-order valence-electron chi connectivity index (χ4n) is 2.96. The number of nitrogens with zero attached hydrogens (tertiary/aromatic N) is 2. The van der Waals surface area contributed by atoms with Crippen LogP contribution in [-0.2, 0) is 9.59 Å². The predicted octanol–water partition coefficient (Wildman–Crippen LogP) is 2.93. The van der Waals surface area contributed by atoms with E-state index < -0.39 is 0 Å². The van der Waals surface area contributed by atoms with E-state index in [1.807, 2.05) is 31.2 Å². The lowest BCUT2D eigenvalue weighted by Gasteiger charge is -2.31. The molecule has 2 amide bonds. The van der Waals surface area contributed by atoms with E-state index in [0.29, 0.717) is 18.7 Å². The maximum Gasteiger partial charge on any atom is 0.229 e. The SMILES string of the molecule is CCC(=O)N1CCCC(C(=O)Nc2ccc(-c3cnco3)cc2)C1. The molecule has 6 nitrogen and oxygen atoms in total. The van der Waals surface area contributed by atoms with Crippen molar-refractivity contribution in [1.82, 2.24) is 9.88 Å². The first-order chi connectivity index (χ1) is 11.7. The Bertz CT molecular complexity index is 695. The molecule has 0 aliphatic carbocycles. The largest absolute Gasteiger partial charge is 0.444 e. The van der Waals surface area contributed by atoms with Gasteiger partial charge < -0.3 is 14.6 Å². The van der Waals surface area contributed by atoms with Crippen molar-refractivity contribution in [3.8, 4) is 11.3 Å². The van der Waals surface area contributed by atoms with Crippen LogP contribution < -0.4 is 5.32 Å². The third-order valence-corrected chi connectivity index (χ3v) is 4.32. The lowest BCUT2D eigenvalue weighted by atomic mass is 9.96. The van der Waals surface area contributed by atoms with Gasteiger partial charge in [0.05, 0.1) is 12.1 Å². The lowest BCUT2D eigenvalue weighted by molar-refractivity contribution is -0.134. The highest BCUT2D eigenvalue weighted by atomic mass is 16.3. The molecule has 0 radical (unpaired) electrons. The lowest BCUT2D eigenvalue weighted by Crippen LogP contribution is -2.43. The minimum atomic E-state index is -0.150. The molecule has 1 unspecified atom stereocenters. The Morgan fingerprint density at radius 1 is 1.33 bits per heavy atom. The van der Waals surface area contributed by atoms with Gasteiger partial charge in [-0.3, -0.25) is 9.59 Å². The van der Waals surface area contributed by atoms with Crippen molar-refractivity contribution in [3.63, 3.8) is 0 Å². The molecule has 1 aromatic heterocycles. The van der Waals surface area contributed by atoms with Gasteiger partial charge in [-0.25, -0.2) is 4.98 Å². The van der Waals surface area contributed by atoms with Crippen LogP contribution in [0.15, 0.2) is 41.3 Å². The Morgan fingerprint density at radius 3 is 2.79 bits per heavy atom. The smallest absolute Gasteiger partial charge is 0.229 e. The molecule has 0 bridgehead atoms. The maximum atomic E-state index is 12.5. The van der Waals surface area contributed by atoms with Crippen molar-refractivity contribution in [2.24, 2.45) is 5.92 Å². The summed E-state index contributed by atoms with van der Waals surface area (Å²) in [6, 6.07) is 7.44. The van der Waals surface area contributed by atoms with E-state index in [0.717, 1.165) is 30.6 Å². The second-order valence-electron chi connectivity index (χ2n) is 5.96. The summed E-state index contributed by atoms with van der Waals surface area (Å²) in [5.41, 5.74) is 1.64. The molecule has 1 aliphatic rings. The normalized spacial score (nSPS) is 17.5. The van der Waals surface area contributed by atoms with Crippen molar-refractivity contribution >= 4 is 17.5 Å². The Morgan fingerprint density at radius 2 is 2.12 bits per heavy atom. The van der Waals surface area contributed by atoms with Crippen LogP contribution in [0, 0.1) is 5.92 Å². The van der Waals surface area contributed by atoms with Gasteiger partial charge in [0.1, 0.15) is 0 Å². The Balaban J connectivity index is 1.61. The van der Waals surface area contributed by atoms with Crippen LogP contribution in [0.25, 0.3) is 11.3 Å². The third-order valence-electron chi connectivity index (χ3n) is 4.32. The Hall–Kier alpha value is -2.63. The standard InChI is InChI=1S/C18H21N3O3/c1-2-17(22)21-9-3-4-14(11-21)18(23)20-15-7-5-13(6-8-15)16-10-19-12-24-16/h5-8,10,12,14H,2-4,9,11H2,1H3,(H,20,23). The number of amides is 2. The number of piperidine rings is 1. The Labute approximate surface area is 140 Å². The van der Waals surface area contributed by atoms with Gasteiger partial charge in [0.25, 0.3) is 0 Å². The summed E-state index contributed by atoms with van der Waals surface area (Å²) in [5, 5.41) is 2.94. The molecule has 24 heavy (non-hydrogen) atoms. The van der Waals surface area contributed by atoms with Gasteiger partial charge in [-0.1, -0.05) is 6.92 Å². The Kier molecular flexibility index (Phi) is 4.93. The number of nitrogens with one attached hydrogen (secondary N) is 1. The number of carbonyl (C=O) groups is 2. The zero-order valence-electron chi connectivity index (χ0n) is 13.7. The van der Waals surface area contributed by atoms with Crippen molar-refractivity contribution in [2.75, 3.05) is 18.4 Å². The first kappa shape index (κ1) is 16.2. The molecule has 1 atom stereocenters. The predicted molar refractivity (Wildman–Crippen MR) is 90.2 cm³/mol. The summed E-state index contributed by atoms with van der Waals surface area (Å²) in [4.78, 5) is 30.0. The number of aromatic nitrogens is 1. The maximum absolute atomic E-state index is 12.5. The first-order valence-electron chi connectivity index (χ1n) is 8.25. The van der Waals surface area contributed by atoms with Crippen LogP contribution in [0.2, 0.25) is 0 Å². The topological polar surface area (TPSA) is 75.4 Å². The van der Waals surface area contributed by atoms with Crippen LogP contribution in [0.3, 0.4) is 0 Å². The second kappa shape index (κ2) is 7.29. The monoisotopic (exact) mass is 327 g/mol.